The maximum absolute atomic E-state index is 4.04. The van der Waals surface area contributed by atoms with Crippen LogP contribution in [0.1, 0.15) is 14.4 Å². The summed E-state index contributed by atoms with van der Waals surface area (Å²) in [6.45, 7) is 3.98. The van der Waals surface area contributed by atoms with Crippen molar-refractivity contribution in [2.45, 2.75) is 14.4 Å². The molecule has 0 aromatic heterocycles. The summed E-state index contributed by atoms with van der Waals surface area (Å²) in [5.74, 6) is 1.08. The van der Waals surface area contributed by atoms with E-state index in [1.807, 2.05) is 6.92 Å². The van der Waals surface area contributed by atoms with Gasteiger partial charge < -0.3 is 5.32 Å². The van der Waals surface area contributed by atoms with Gasteiger partial charge in [0.05, 0.1) is 12.4 Å². The minimum absolute atomic E-state index is 0. The van der Waals surface area contributed by atoms with Crippen molar-refractivity contribution in [1.29, 1.82) is 0 Å². The van der Waals surface area contributed by atoms with E-state index in [-0.39, 0.29) is 12.3 Å². The van der Waals surface area contributed by atoms with Crippen LogP contribution >= 0.6 is 59.9 Å². The molecule has 6 heteroatoms. The van der Waals surface area contributed by atoms with Crippen LogP contribution in [0.25, 0.3) is 0 Å². The van der Waals surface area contributed by atoms with Crippen molar-refractivity contribution >= 4 is 65.8 Å². The van der Waals surface area contributed by atoms with Gasteiger partial charge in [-0.05, 0) is 6.92 Å². The molecule has 1 N–H and O–H groups in total. The Kier molecular flexibility index (Phi) is 14.7. The summed E-state index contributed by atoms with van der Waals surface area (Å²) < 4.78 is 0. The summed E-state index contributed by atoms with van der Waals surface area (Å²) in [6.07, 6.45) is 0. The van der Waals surface area contributed by atoms with E-state index in [4.69, 9.17) is 0 Å². The van der Waals surface area contributed by atoms with Crippen molar-refractivity contribution in [3.05, 3.63) is 0 Å². The van der Waals surface area contributed by atoms with Crippen LogP contribution in [-0.4, -0.2) is 18.9 Å². The summed E-state index contributed by atoms with van der Waals surface area (Å²) in [5, 5.41) is 3.07. The molecule has 0 bridgehead atoms. The monoisotopic (exact) mass is 532 g/mol. The van der Waals surface area contributed by atoms with Crippen molar-refractivity contribution in [1.82, 2.24) is 5.32 Å². The van der Waals surface area contributed by atoms with Crippen LogP contribution < -0.4 is 5.32 Å². The second-order valence-electron chi connectivity index (χ2n) is 1.59. The van der Waals surface area contributed by atoms with Gasteiger partial charge in [0.2, 0.25) is 0 Å². The van der Waals surface area contributed by atoms with Gasteiger partial charge in [0, 0.05) is 6.54 Å². The van der Waals surface area contributed by atoms with Gasteiger partial charge in [-0.1, -0.05) is 7.43 Å². The van der Waals surface area contributed by atoms with E-state index in [0.717, 1.165) is 18.9 Å². The number of aliphatic imine (C=N–C) groups is 1. The Balaban J connectivity index is 0. The first-order valence-corrected chi connectivity index (χ1v) is 16.2. The molecule has 0 amide bonds. The summed E-state index contributed by atoms with van der Waals surface area (Å²) in [5.41, 5.74) is 0. The van der Waals surface area contributed by atoms with Gasteiger partial charge in [-0.25, -0.2) is 0 Å². The zero-order chi connectivity index (χ0) is 7.98. The fourth-order valence-corrected chi connectivity index (χ4v) is 0.516. The molecule has 0 radical (unpaired) electrons. The second kappa shape index (κ2) is 10.3. The summed E-state index contributed by atoms with van der Waals surface area (Å²) in [7, 11) is 0. The predicted molar refractivity (Wildman–Crippen MR) is 74.8 cm³/mol. The van der Waals surface area contributed by atoms with Crippen molar-refractivity contribution in [2.24, 2.45) is 4.99 Å². The topological polar surface area (TPSA) is 24.4 Å². The van der Waals surface area contributed by atoms with E-state index >= 15 is 0 Å². The van der Waals surface area contributed by atoms with Crippen LogP contribution in [0.4, 0.5) is 0 Å². The molecular weight excluding hydrogens is 520 g/mol. The molecule has 0 saturated carbocycles. The fourth-order valence-electron chi connectivity index (χ4n) is 0.516. The molecule has 0 aliphatic carbocycles. The van der Waals surface area contributed by atoms with Crippen LogP contribution in [-0.2, 0) is 4.92 Å². The molecule has 1 aliphatic heterocycles. The first kappa shape index (κ1) is 15.7. The van der Waals surface area contributed by atoms with E-state index in [2.05, 4.69) is 70.2 Å². The average molecular weight is 532 g/mol. The Morgan fingerprint density at radius 3 is 2.00 bits per heavy atom. The SMILES string of the molecule is C.CC1=NCCN1.[I][V]([I])[I]. The van der Waals surface area contributed by atoms with E-state index < -0.39 is 0 Å². The van der Waals surface area contributed by atoms with Gasteiger partial charge in [-0.3, -0.25) is 4.99 Å². The third kappa shape index (κ3) is 15.0. The summed E-state index contributed by atoms with van der Waals surface area (Å²) in [4.78, 5) is 3.76. The van der Waals surface area contributed by atoms with Crippen molar-refractivity contribution in [3.8, 4) is 0 Å². The molecule has 0 unspecified atom stereocenters. The Labute approximate surface area is 106 Å². The van der Waals surface area contributed by atoms with Crippen LogP contribution in [0.2, 0.25) is 0 Å². The fraction of sp³-hybridized carbons (Fsp3) is 0.800. The molecule has 1 aliphatic rings. The number of hydrogen-bond donors (Lipinski definition) is 1. The molecule has 0 spiro atoms. The van der Waals surface area contributed by atoms with Crippen LogP contribution in [0.5, 0.6) is 0 Å². The Hall–Kier alpha value is 2.24. The Morgan fingerprint density at radius 2 is 1.91 bits per heavy atom. The molecule has 0 aromatic carbocycles. The van der Waals surface area contributed by atoms with E-state index in [1.54, 1.807) is 0 Å². The summed E-state index contributed by atoms with van der Waals surface area (Å²) in [6, 6.07) is 0. The number of rotatable bonds is 0. The molecule has 0 aromatic rings. The van der Waals surface area contributed by atoms with Crippen LogP contribution in [0.15, 0.2) is 4.99 Å². The van der Waals surface area contributed by atoms with Crippen LogP contribution in [0.3, 0.4) is 0 Å². The normalized spacial score (nSPS) is 14.1. The second-order valence-corrected chi connectivity index (χ2v) is 37.0. The standard InChI is InChI=1S/C4H8N2.CH4.3HI.V/c1-4-5-2-3-6-4;;;;;/h2-3H2,1H3,(H,5,6);1H4;3*1H;/q;;;;;+3/p-3. The maximum atomic E-state index is 4.04. The van der Waals surface area contributed by atoms with Gasteiger partial charge in [-0.2, -0.15) is 0 Å². The van der Waals surface area contributed by atoms with Gasteiger partial charge in [0.15, 0.2) is 0 Å². The minimum atomic E-state index is -0.278. The molecule has 0 fully saturated rings. The van der Waals surface area contributed by atoms with Crippen molar-refractivity contribution < 1.29 is 4.92 Å². The first-order valence-electron chi connectivity index (χ1n) is 2.65. The number of nitrogens with one attached hydrogen (secondary N) is 1. The van der Waals surface area contributed by atoms with E-state index in [1.165, 1.54) is 0 Å². The molecule has 68 valence electrons. The number of nitrogens with zero attached hydrogens (tertiary/aromatic N) is 1. The summed E-state index contributed by atoms with van der Waals surface area (Å²) >= 11 is 7.39. The molecule has 0 saturated heterocycles. The molecule has 1 rings (SSSR count). The zero-order valence-corrected chi connectivity index (χ0v) is 13.3. The Bertz CT molecular complexity index is 116. The molecule has 2 nitrogen and oxygen atoms in total. The van der Waals surface area contributed by atoms with Crippen LogP contribution in [0, 0.1) is 0 Å². The van der Waals surface area contributed by atoms with E-state index in [0.29, 0.717) is 0 Å². The van der Waals surface area contributed by atoms with Gasteiger partial charge >= 0.3 is 64.9 Å². The average Bonchev–Trinajstić information content (AvgIpc) is 2.15. The first-order chi connectivity index (χ1) is 4.63. The third-order valence-corrected chi connectivity index (χ3v) is 0.842. The Morgan fingerprint density at radius 1 is 1.45 bits per heavy atom. The molecule has 11 heavy (non-hydrogen) atoms. The van der Waals surface area contributed by atoms with Crippen molar-refractivity contribution in [2.75, 3.05) is 13.1 Å². The number of hydrogen-bond acceptors (Lipinski definition) is 2. The zero-order valence-electron chi connectivity index (χ0n) is 5.44. The molecular formula is C5H12I3N2V. The molecule has 1 heterocycles. The van der Waals surface area contributed by atoms with Gasteiger partial charge in [0.1, 0.15) is 0 Å². The third-order valence-electron chi connectivity index (χ3n) is 0.842. The number of halogens is 3. The van der Waals surface area contributed by atoms with Crippen molar-refractivity contribution in [3.63, 3.8) is 0 Å². The number of amidine groups is 1. The quantitative estimate of drug-likeness (QED) is 0.477. The van der Waals surface area contributed by atoms with Gasteiger partial charge in [-0.15, -0.1) is 0 Å². The van der Waals surface area contributed by atoms with Gasteiger partial charge in [0.25, 0.3) is 0 Å². The van der Waals surface area contributed by atoms with E-state index in [9.17, 15) is 0 Å². The molecule has 0 atom stereocenters. The predicted octanol–water partition coefficient (Wildman–Crippen LogP) is 3.30.